The van der Waals surface area contributed by atoms with E-state index < -0.39 is 18.0 Å². The zero-order valence-corrected chi connectivity index (χ0v) is 15.6. The van der Waals surface area contributed by atoms with Gasteiger partial charge in [-0.15, -0.1) is 0 Å². The summed E-state index contributed by atoms with van der Waals surface area (Å²) in [5.74, 6) is -1.33. The average molecular weight is 365 g/mol. The fourth-order valence-electron chi connectivity index (χ4n) is 2.50. The monoisotopic (exact) mass is 365 g/mol. The Morgan fingerprint density at radius 2 is 1.65 bits per heavy atom. The Morgan fingerprint density at radius 3 is 2.23 bits per heavy atom. The first-order chi connectivity index (χ1) is 12.5. The molecule has 0 heterocycles. The van der Waals surface area contributed by atoms with Crippen LogP contribution in [0.2, 0.25) is 0 Å². The molecule has 0 radical (unpaired) electrons. The minimum atomic E-state index is -0.751. The normalized spacial score (nSPS) is 11.7. The third kappa shape index (κ3) is 7.65. The van der Waals surface area contributed by atoms with Crippen LogP contribution in [0.3, 0.4) is 0 Å². The van der Waals surface area contributed by atoms with E-state index in [2.05, 4.69) is 0 Å². The maximum atomic E-state index is 12.4. The van der Waals surface area contributed by atoms with E-state index in [1.54, 1.807) is 18.7 Å². The maximum absolute atomic E-state index is 12.4. The van der Waals surface area contributed by atoms with Crippen LogP contribution in [0.15, 0.2) is 30.3 Å². The molecular formula is C19H27NO6. The number of nitrogens with zero attached hydrogens (tertiary/aromatic N) is 1. The molecule has 0 spiro atoms. The molecule has 0 aromatic heterocycles. The molecule has 0 fully saturated rings. The number of esters is 3. The molecule has 1 aromatic rings. The van der Waals surface area contributed by atoms with Gasteiger partial charge in [-0.2, -0.15) is 0 Å². The number of carbonyl (C=O) groups excluding carboxylic acids is 3. The fourth-order valence-corrected chi connectivity index (χ4v) is 2.50. The summed E-state index contributed by atoms with van der Waals surface area (Å²) in [7, 11) is 1.29. The lowest BCUT2D eigenvalue weighted by Crippen LogP contribution is -2.45. The number of carbonyl (C=O) groups is 3. The summed E-state index contributed by atoms with van der Waals surface area (Å²) >= 11 is 0. The summed E-state index contributed by atoms with van der Waals surface area (Å²) in [6, 6.07) is 8.69. The fraction of sp³-hybridized carbons (Fsp3) is 0.526. The molecular weight excluding hydrogens is 338 g/mol. The van der Waals surface area contributed by atoms with Gasteiger partial charge in [-0.05, 0) is 25.8 Å². The van der Waals surface area contributed by atoms with Crippen molar-refractivity contribution >= 4 is 17.9 Å². The second kappa shape index (κ2) is 12.0. The van der Waals surface area contributed by atoms with Crippen molar-refractivity contribution in [2.45, 2.75) is 39.3 Å². The second-order valence-corrected chi connectivity index (χ2v) is 5.58. The van der Waals surface area contributed by atoms with Crippen molar-refractivity contribution in [3.05, 3.63) is 35.9 Å². The van der Waals surface area contributed by atoms with Gasteiger partial charge < -0.3 is 14.2 Å². The van der Waals surface area contributed by atoms with E-state index in [1.807, 2.05) is 30.3 Å². The standard InChI is InChI=1S/C19H27NO6/c1-4-25-17(21)12-11-16(19(23)26-5-2)20(14-18(22)24-3)13-15-9-7-6-8-10-15/h6-10,16H,4-5,11-14H2,1-3H3/t16-/m0/s1. The van der Waals surface area contributed by atoms with Gasteiger partial charge in [-0.25, -0.2) is 0 Å². The van der Waals surface area contributed by atoms with Crippen molar-refractivity contribution < 1.29 is 28.6 Å². The smallest absolute Gasteiger partial charge is 0.323 e. The number of hydrogen-bond acceptors (Lipinski definition) is 7. The van der Waals surface area contributed by atoms with Crippen molar-refractivity contribution in [3.63, 3.8) is 0 Å². The van der Waals surface area contributed by atoms with Crippen LogP contribution in [0.4, 0.5) is 0 Å². The van der Waals surface area contributed by atoms with Gasteiger partial charge in [0.1, 0.15) is 6.04 Å². The molecule has 0 amide bonds. The van der Waals surface area contributed by atoms with Crippen LogP contribution in [-0.2, 0) is 35.1 Å². The van der Waals surface area contributed by atoms with Gasteiger partial charge in [0.15, 0.2) is 0 Å². The number of benzene rings is 1. The van der Waals surface area contributed by atoms with Crippen LogP contribution in [0, 0.1) is 0 Å². The Labute approximate surface area is 154 Å². The summed E-state index contributed by atoms with van der Waals surface area (Å²) < 4.78 is 14.8. The predicted molar refractivity (Wildman–Crippen MR) is 95.2 cm³/mol. The summed E-state index contributed by atoms with van der Waals surface area (Å²) in [4.78, 5) is 37.6. The lowest BCUT2D eigenvalue weighted by atomic mass is 10.1. The van der Waals surface area contributed by atoms with Gasteiger partial charge >= 0.3 is 17.9 Å². The van der Waals surface area contributed by atoms with E-state index in [4.69, 9.17) is 14.2 Å². The van der Waals surface area contributed by atoms with Crippen LogP contribution in [0.5, 0.6) is 0 Å². The highest BCUT2D eigenvalue weighted by Gasteiger charge is 2.30. The van der Waals surface area contributed by atoms with E-state index in [1.165, 1.54) is 7.11 Å². The lowest BCUT2D eigenvalue weighted by molar-refractivity contribution is -0.153. The van der Waals surface area contributed by atoms with Gasteiger partial charge in [0, 0.05) is 13.0 Å². The summed E-state index contributed by atoms with van der Waals surface area (Å²) in [6.07, 6.45) is 0.255. The molecule has 0 N–H and O–H groups in total. The van der Waals surface area contributed by atoms with Gasteiger partial charge in [-0.1, -0.05) is 30.3 Å². The zero-order valence-electron chi connectivity index (χ0n) is 15.6. The van der Waals surface area contributed by atoms with Crippen molar-refractivity contribution in [2.24, 2.45) is 0 Å². The molecule has 0 aliphatic carbocycles. The van der Waals surface area contributed by atoms with Crippen LogP contribution < -0.4 is 0 Å². The number of rotatable bonds is 11. The Morgan fingerprint density at radius 1 is 1.00 bits per heavy atom. The zero-order chi connectivity index (χ0) is 19.4. The molecule has 26 heavy (non-hydrogen) atoms. The molecule has 0 unspecified atom stereocenters. The largest absolute Gasteiger partial charge is 0.468 e. The van der Waals surface area contributed by atoms with Crippen molar-refractivity contribution in [1.82, 2.24) is 4.90 Å². The summed E-state index contributed by atoms with van der Waals surface area (Å²) in [6.45, 7) is 4.19. The molecule has 0 saturated carbocycles. The van der Waals surface area contributed by atoms with Crippen LogP contribution in [0.1, 0.15) is 32.3 Å². The van der Waals surface area contributed by atoms with Crippen LogP contribution >= 0.6 is 0 Å². The van der Waals surface area contributed by atoms with E-state index in [0.29, 0.717) is 6.54 Å². The molecule has 7 nitrogen and oxygen atoms in total. The van der Waals surface area contributed by atoms with Crippen molar-refractivity contribution in [2.75, 3.05) is 26.9 Å². The van der Waals surface area contributed by atoms with E-state index in [-0.39, 0.29) is 38.6 Å². The first kappa shape index (κ1) is 21.6. The molecule has 0 bridgehead atoms. The Hall–Kier alpha value is -2.41. The molecule has 144 valence electrons. The van der Waals surface area contributed by atoms with Gasteiger partial charge in [0.25, 0.3) is 0 Å². The Bertz CT molecular complexity index is 575. The van der Waals surface area contributed by atoms with Gasteiger partial charge in [-0.3, -0.25) is 19.3 Å². The SMILES string of the molecule is CCOC(=O)CC[C@@H](C(=O)OCC)N(CC(=O)OC)Cc1ccccc1. The Balaban J connectivity index is 2.98. The predicted octanol–water partition coefficient (Wildman–Crippen LogP) is 1.94. The van der Waals surface area contributed by atoms with Crippen molar-refractivity contribution in [3.8, 4) is 0 Å². The number of hydrogen-bond donors (Lipinski definition) is 0. The van der Waals surface area contributed by atoms with E-state index in [0.717, 1.165) is 5.56 Å². The van der Waals surface area contributed by atoms with Gasteiger partial charge in [0.05, 0.1) is 26.9 Å². The molecule has 0 aliphatic heterocycles. The topological polar surface area (TPSA) is 82.1 Å². The minimum absolute atomic E-state index is 0.0593. The van der Waals surface area contributed by atoms with Crippen LogP contribution in [0.25, 0.3) is 0 Å². The summed E-state index contributed by atoms with van der Waals surface area (Å²) in [5.41, 5.74) is 0.932. The average Bonchev–Trinajstić information content (AvgIpc) is 2.63. The lowest BCUT2D eigenvalue weighted by Gasteiger charge is -2.29. The highest BCUT2D eigenvalue weighted by atomic mass is 16.5. The minimum Gasteiger partial charge on any atom is -0.468 e. The molecule has 0 aliphatic rings. The summed E-state index contributed by atoms with van der Waals surface area (Å²) in [5, 5.41) is 0. The molecule has 1 atom stereocenters. The van der Waals surface area contributed by atoms with Crippen LogP contribution in [-0.4, -0.2) is 55.7 Å². The first-order valence-corrected chi connectivity index (χ1v) is 8.68. The maximum Gasteiger partial charge on any atom is 0.323 e. The number of ether oxygens (including phenoxy) is 3. The highest BCUT2D eigenvalue weighted by molar-refractivity contribution is 5.79. The van der Waals surface area contributed by atoms with E-state index in [9.17, 15) is 14.4 Å². The third-order valence-electron chi connectivity index (χ3n) is 3.72. The number of methoxy groups -OCH3 is 1. The molecule has 0 saturated heterocycles. The Kier molecular flexibility index (Phi) is 10.0. The molecule has 1 rings (SSSR count). The van der Waals surface area contributed by atoms with Crippen molar-refractivity contribution in [1.29, 1.82) is 0 Å². The second-order valence-electron chi connectivity index (χ2n) is 5.58. The molecule has 1 aromatic carbocycles. The quantitative estimate of drug-likeness (QED) is 0.438. The molecule has 7 heteroatoms. The van der Waals surface area contributed by atoms with Gasteiger partial charge in [0.2, 0.25) is 0 Å². The third-order valence-corrected chi connectivity index (χ3v) is 3.72. The first-order valence-electron chi connectivity index (χ1n) is 8.68. The van der Waals surface area contributed by atoms with E-state index >= 15 is 0 Å². The highest BCUT2D eigenvalue weighted by Crippen LogP contribution is 2.15.